The lowest BCUT2D eigenvalue weighted by Crippen LogP contribution is -2.32. The lowest BCUT2D eigenvalue weighted by Gasteiger charge is -2.24. The van der Waals surface area contributed by atoms with Gasteiger partial charge < -0.3 is 13.9 Å². The maximum atomic E-state index is 12.8. The van der Waals surface area contributed by atoms with Gasteiger partial charge in [0.15, 0.2) is 11.6 Å². The highest BCUT2D eigenvalue weighted by Gasteiger charge is 2.36. The Morgan fingerprint density at radius 3 is 2.96 bits per heavy atom. The molecule has 4 rings (SSSR count). The van der Waals surface area contributed by atoms with Crippen molar-refractivity contribution in [2.24, 2.45) is 0 Å². The topological polar surface area (TPSA) is 64.2 Å². The van der Waals surface area contributed by atoms with E-state index in [1.54, 1.807) is 6.26 Å². The fourth-order valence-corrected chi connectivity index (χ4v) is 3.75. The fourth-order valence-electron chi connectivity index (χ4n) is 3.75. The van der Waals surface area contributed by atoms with Gasteiger partial charge in [0.05, 0.1) is 12.3 Å². The van der Waals surface area contributed by atoms with Crippen molar-refractivity contribution in [3.05, 3.63) is 35.3 Å². The van der Waals surface area contributed by atoms with Crippen LogP contribution in [0.5, 0.6) is 0 Å². The number of amides is 1. The van der Waals surface area contributed by atoms with E-state index in [1.165, 1.54) is 12.8 Å². The molecule has 6 heteroatoms. The first-order valence-electron chi connectivity index (χ1n) is 8.53. The monoisotopic (exact) mass is 314 g/mol. The van der Waals surface area contributed by atoms with Gasteiger partial charge in [0.2, 0.25) is 0 Å². The van der Waals surface area contributed by atoms with E-state index < -0.39 is 0 Å². The maximum absolute atomic E-state index is 12.8. The predicted molar refractivity (Wildman–Crippen MR) is 84.0 cm³/mol. The zero-order valence-corrected chi connectivity index (χ0v) is 13.5. The summed E-state index contributed by atoms with van der Waals surface area (Å²) in [6, 6.07) is 1.85. The van der Waals surface area contributed by atoms with E-state index in [9.17, 15) is 4.79 Å². The molecule has 0 bridgehead atoms. The second-order valence-electron chi connectivity index (χ2n) is 6.53. The first-order chi connectivity index (χ1) is 11.3. The number of furan rings is 1. The summed E-state index contributed by atoms with van der Waals surface area (Å²) in [5.74, 6) is 2.46. The van der Waals surface area contributed by atoms with Crippen LogP contribution in [0.1, 0.15) is 65.9 Å². The second-order valence-corrected chi connectivity index (χ2v) is 6.53. The van der Waals surface area contributed by atoms with E-state index in [0.29, 0.717) is 5.76 Å². The van der Waals surface area contributed by atoms with E-state index in [-0.39, 0.29) is 11.9 Å². The molecule has 1 amide bonds. The molecule has 0 saturated carbocycles. The van der Waals surface area contributed by atoms with Gasteiger partial charge in [-0.25, -0.2) is 0 Å². The minimum absolute atomic E-state index is 0.0198. The number of aromatic nitrogens is 3. The SMILES string of the molecule is Cc1ccoc1C(=O)N1CCC[C@@H]1c1nnc2n1CCCCC2. The molecule has 0 unspecified atom stereocenters. The molecule has 2 aliphatic heterocycles. The predicted octanol–water partition coefficient (Wildman–Crippen LogP) is 2.88. The minimum atomic E-state index is -0.0269. The zero-order chi connectivity index (χ0) is 15.8. The largest absolute Gasteiger partial charge is 0.459 e. The highest BCUT2D eigenvalue weighted by Crippen LogP contribution is 2.33. The summed E-state index contributed by atoms with van der Waals surface area (Å²) in [6.45, 7) is 3.63. The van der Waals surface area contributed by atoms with Gasteiger partial charge in [-0.15, -0.1) is 10.2 Å². The van der Waals surface area contributed by atoms with Crippen molar-refractivity contribution in [2.45, 2.75) is 58.0 Å². The number of likely N-dealkylation sites (tertiary alicyclic amines) is 1. The van der Waals surface area contributed by atoms with E-state index in [0.717, 1.165) is 56.0 Å². The molecule has 4 heterocycles. The molecule has 0 radical (unpaired) electrons. The van der Waals surface area contributed by atoms with Crippen LogP contribution in [0.25, 0.3) is 0 Å². The Hall–Kier alpha value is -2.11. The number of rotatable bonds is 2. The second kappa shape index (κ2) is 5.83. The molecule has 0 N–H and O–H groups in total. The lowest BCUT2D eigenvalue weighted by molar-refractivity contribution is 0.0693. The normalized spacial score (nSPS) is 21.3. The van der Waals surface area contributed by atoms with Gasteiger partial charge in [-0.1, -0.05) is 6.42 Å². The Balaban J connectivity index is 1.65. The van der Waals surface area contributed by atoms with E-state index in [2.05, 4.69) is 14.8 Å². The number of nitrogens with zero attached hydrogens (tertiary/aromatic N) is 4. The average molecular weight is 314 g/mol. The maximum Gasteiger partial charge on any atom is 0.290 e. The van der Waals surface area contributed by atoms with Crippen LogP contribution in [-0.2, 0) is 13.0 Å². The summed E-state index contributed by atoms with van der Waals surface area (Å²) in [7, 11) is 0. The van der Waals surface area contributed by atoms with Crippen LogP contribution in [0.15, 0.2) is 16.7 Å². The van der Waals surface area contributed by atoms with Gasteiger partial charge in [0.25, 0.3) is 5.91 Å². The molecular formula is C17H22N4O2. The summed E-state index contributed by atoms with van der Waals surface area (Å²) in [5.41, 5.74) is 0.890. The molecule has 2 aromatic rings. The van der Waals surface area contributed by atoms with Crippen molar-refractivity contribution in [3.8, 4) is 0 Å². The molecule has 122 valence electrons. The summed E-state index contributed by atoms with van der Waals surface area (Å²) in [6.07, 6.45) is 8.10. The number of aryl methyl sites for hydroxylation is 2. The van der Waals surface area contributed by atoms with Crippen LogP contribution in [0.2, 0.25) is 0 Å². The third kappa shape index (κ3) is 2.46. The molecule has 0 aromatic carbocycles. The van der Waals surface area contributed by atoms with Crippen LogP contribution in [0, 0.1) is 6.92 Å². The van der Waals surface area contributed by atoms with Crippen LogP contribution in [0.4, 0.5) is 0 Å². The summed E-state index contributed by atoms with van der Waals surface area (Å²) in [4.78, 5) is 14.8. The molecule has 0 spiro atoms. The molecule has 2 aromatic heterocycles. The quantitative estimate of drug-likeness (QED) is 0.855. The standard InChI is InChI=1S/C17H22N4O2/c1-12-8-11-23-15(12)17(22)20-10-5-6-13(20)16-19-18-14-7-3-2-4-9-21(14)16/h8,11,13H,2-7,9-10H2,1H3/t13-/m1/s1. The number of hydrogen-bond donors (Lipinski definition) is 0. The van der Waals surface area contributed by atoms with Crippen molar-refractivity contribution in [1.29, 1.82) is 0 Å². The molecule has 0 aliphatic carbocycles. The summed E-state index contributed by atoms with van der Waals surface area (Å²) < 4.78 is 7.65. The Morgan fingerprint density at radius 1 is 1.22 bits per heavy atom. The van der Waals surface area contributed by atoms with Crippen LogP contribution in [-0.4, -0.2) is 32.1 Å². The summed E-state index contributed by atoms with van der Waals surface area (Å²) >= 11 is 0. The minimum Gasteiger partial charge on any atom is -0.459 e. The molecule has 1 atom stereocenters. The van der Waals surface area contributed by atoms with Crippen LogP contribution >= 0.6 is 0 Å². The molecule has 2 aliphatic rings. The molecular weight excluding hydrogens is 292 g/mol. The lowest BCUT2D eigenvalue weighted by atomic mass is 10.2. The Labute approximate surface area is 135 Å². The number of fused-ring (bicyclic) bond motifs is 1. The van der Waals surface area contributed by atoms with Gasteiger partial charge in [0.1, 0.15) is 5.82 Å². The van der Waals surface area contributed by atoms with Crippen molar-refractivity contribution >= 4 is 5.91 Å². The smallest absolute Gasteiger partial charge is 0.290 e. The molecule has 1 saturated heterocycles. The van der Waals surface area contributed by atoms with Gasteiger partial charge in [-0.2, -0.15) is 0 Å². The van der Waals surface area contributed by atoms with Crippen LogP contribution < -0.4 is 0 Å². The van der Waals surface area contributed by atoms with Gasteiger partial charge in [-0.3, -0.25) is 4.79 Å². The molecule has 6 nitrogen and oxygen atoms in total. The van der Waals surface area contributed by atoms with Crippen molar-refractivity contribution in [2.75, 3.05) is 6.54 Å². The Kier molecular flexibility index (Phi) is 3.67. The number of hydrogen-bond acceptors (Lipinski definition) is 4. The number of carbonyl (C=O) groups excluding carboxylic acids is 1. The van der Waals surface area contributed by atoms with Crippen molar-refractivity contribution in [3.63, 3.8) is 0 Å². The highest BCUT2D eigenvalue weighted by atomic mass is 16.3. The van der Waals surface area contributed by atoms with Crippen molar-refractivity contribution in [1.82, 2.24) is 19.7 Å². The van der Waals surface area contributed by atoms with E-state index in [1.807, 2.05) is 17.9 Å². The van der Waals surface area contributed by atoms with Crippen LogP contribution in [0.3, 0.4) is 0 Å². The average Bonchev–Trinajstić information content (AvgIpc) is 3.23. The Morgan fingerprint density at radius 2 is 2.13 bits per heavy atom. The first kappa shape index (κ1) is 14.5. The Bertz CT molecular complexity index is 718. The van der Waals surface area contributed by atoms with E-state index in [4.69, 9.17) is 4.42 Å². The van der Waals surface area contributed by atoms with Gasteiger partial charge in [-0.05, 0) is 38.7 Å². The first-order valence-corrected chi connectivity index (χ1v) is 8.53. The van der Waals surface area contributed by atoms with Crippen molar-refractivity contribution < 1.29 is 9.21 Å². The highest BCUT2D eigenvalue weighted by molar-refractivity contribution is 5.93. The summed E-state index contributed by atoms with van der Waals surface area (Å²) in [5, 5.41) is 8.83. The molecule has 1 fully saturated rings. The third-order valence-electron chi connectivity index (χ3n) is 5.01. The zero-order valence-electron chi connectivity index (χ0n) is 13.5. The van der Waals surface area contributed by atoms with E-state index >= 15 is 0 Å². The fraction of sp³-hybridized carbons (Fsp3) is 0.588. The van der Waals surface area contributed by atoms with Gasteiger partial charge >= 0.3 is 0 Å². The molecule has 23 heavy (non-hydrogen) atoms. The number of carbonyl (C=O) groups is 1. The van der Waals surface area contributed by atoms with Gasteiger partial charge in [0, 0.05) is 25.1 Å². The third-order valence-corrected chi connectivity index (χ3v) is 5.01.